The lowest BCUT2D eigenvalue weighted by Crippen LogP contribution is -2.29. The van der Waals surface area contributed by atoms with Gasteiger partial charge >= 0.3 is 5.97 Å². The molecule has 0 saturated carbocycles. The fraction of sp³-hybridized carbons (Fsp3) is 0.200. The van der Waals surface area contributed by atoms with Gasteiger partial charge in [0.2, 0.25) is 0 Å². The zero-order valence-corrected chi connectivity index (χ0v) is 32.3. The average molecular weight is 769 g/mol. The molecule has 6 heterocycles. The maximum absolute atomic E-state index is 12.2. The minimum atomic E-state index is -0.988. The molecule has 0 atom stereocenters. The maximum atomic E-state index is 12.2. The van der Waals surface area contributed by atoms with Gasteiger partial charge in [0.1, 0.15) is 23.3 Å². The Kier molecular flexibility index (Phi) is 11.4. The number of pyridine rings is 2. The quantitative estimate of drug-likeness (QED) is 0.107. The van der Waals surface area contributed by atoms with Crippen LogP contribution in [0.2, 0.25) is 0 Å². The summed E-state index contributed by atoms with van der Waals surface area (Å²) in [5.74, 6) is 0.751. The van der Waals surface area contributed by atoms with Gasteiger partial charge in [-0.05, 0) is 68.4 Å². The number of amides is 1. The van der Waals surface area contributed by atoms with Crippen molar-refractivity contribution in [3.05, 3.63) is 96.8 Å². The van der Waals surface area contributed by atoms with Crippen LogP contribution in [0.1, 0.15) is 48.4 Å². The third kappa shape index (κ3) is 9.29. The molecule has 0 spiro atoms. The molecule has 2 aromatic carbocycles. The number of nitrogen functional groups attached to an aromatic ring is 2. The predicted molar refractivity (Wildman–Crippen MR) is 221 cm³/mol. The fourth-order valence-electron chi connectivity index (χ4n) is 5.68. The number of nitrogens with zero attached hydrogens (tertiary/aromatic N) is 8. The molecule has 8 rings (SSSR count). The number of hydrogen-bond acceptors (Lipinski definition) is 11. The van der Waals surface area contributed by atoms with Crippen molar-refractivity contribution in [1.82, 2.24) is 54.8 Å². The third-order valence-electron chi connectivity index (χ3n) is 8.32. The molecule has 0 aliphatic rings. The van der Waals surface area contributed by atoms with E-state index in [9.17, 15) is 9.59 Å². The first-order valence-electron chi connectivity index (χ1n) is 17.9. The Bertz CT molecular complexity index is 2700. The molecular weight excluding hydrogens is 725 g/mol. The third-order valence-corrected chi connectivity index (χ3v) is 8.32. The summed E-state index contributed by atoms with van der Waals surface area (Å²) in [5, 5.41) is 20.3. The minimum absolute atomic E-state index is 0.0709. The van der Waals surface area contributed by atoms with Crippen LogP contribution in [0.15, 0.2) is 85.7 Å². The lowest BCUT2D eigenvalue weighted by Gasteiger charge is -2.07. The van der Waals surface area contributed by atoms with E-state index in [2.05, 4.69) is 45.4 Å². The van der Waals surface area contributed by atoms with Gasteiger partial charge in [-0.1, -0.05) is 13.8 Å². The number of aromatic carboxylic acids is 1. The van der Waals surface area contributed by atoms with Gasteiger partial charge in [-0.3, -0.25) is 14.2 Å². The van der Waals surface area contributed by atoms with Crippen molar-refractivity contribution in [3.63, 3.8) is 0 Å². The normalized spacial score (nSPS) is 11.0. The molecule has 0 bridgehead atoms. The summed E-state index contributed by atoms with van der Waals surface area (Å²) < 4.78 is 3.44. The fourth-order valence-corrected chi connectivity index (χ4v) is 5.68. The van der Waals surface area contributed by atoms with Gasteiger partial charge in [-0.2, -0.15) is 10.2 Å². The van der Waals surface area contributed by atoms with Crippen LogP contribution in [-0.4, -0.2) is 78.5 Å². The van der Waals surface area contributed by atoms with E-state index in [1.165, 1.54) is 6.07 Å². The number of rotatable bonds is 7. The number of carbonyl (C=O) groups is 2. The Hall–Kier alpha value is -7.40. The van der Waals surface area contributed by atoms with Gasteiger partial charge in [0.05, 0.1) is 51.2 Å². The van der Waals surface area contributed by atoms with E-state index in [0.717, 1.165) is 33.3 Å². The second-order valence-electron chi connectivity index (χ2n) is 13.9. The number of carboxylic acids is 1. The monoisotopic (exact) mass is 768 g/mol. The number of H-pyrrole nitrogens is 2. The number of anilines is 2. The smallest absolute Gasteiger partial charge is 0.335 e. The number of hydrogen-bond donors (Lipinski definition) is 7. The van der Waals surface area contributed by atoms with Crippen LogP contribution in [-0.2, 0) is 14.1 Å². The molecule has 57 heavy (non-hydrogen) atoms. The van der Waals surface area contributed by atoms with Crippen molar-refractivity contribution in [3.8, 4) is 45.0 Å². The van der Waals surface area contributed by atoms with Crippen LogP contribution in [0.3, 0.4) is 0 Å². The van der Waals surface area contributed by atoms with Crippen molar-refractivity contribution in [1.29, 1.82) is 0 Å². The number of aromatic amines is 2. The van der Waals surface area contributed by atoms with Crippen LogP contribution in [0.4, 0.5) is 11.6 Å². The van der Waals surface area contributed by atoms with Crippen LogP contribution < -0.4 is 22.5 Å². The lowest BCUT2D eigenvalue weighted by molar-refractivity contribution is 0.0696. The van der Waals surface area contributed by atoms with Gasteiger partial charge in [0.15, 0.2) is 0 Å². The molecule has 0 unspecified atom stereocenters. The van der Waals surface area contributed by atoms with Gasteiger partial charge < -0.3 is 37.6 Å². The molecule has 0 fully saturated rings. The highest BCUT2D eigenvalue weighted by Crippen LogP contribution is 2.31. The number of aryl methyl sites for hydroxylation is 2. The van der Waals surface area contributed by atoms with Gasteiger partial charge in [0, 0.05) is 72.7 Å². The molecule has 17 heteroatoms. The Morgan fingerprint density at radius 2 is 1.12 bits per heavy atom. The summed E-state index contributed by atoms with van der Waals surface area (Å²) in [5.41, 5.74) is 25.8. The van der Waals surface area contributed by atoms with E-state index in [1.807, 2.05) is 72.4 Å². The molecule has 0 aliphatic heterocycles. The molecule has 0 saturated heterocycles. The number of imidazole rings is 2. The maximum Gasteiger partial charge on any atom is 0.335 e. The summed E-state index contributed by atoms with van der Waals surface area (Å²) in [6, 6.07) is 14.3. The van der Waals surface area contributed by atoms with Gasteiger partial charge in [0.25, 0.3) is 5.91 Å². The van der Waals surface area contributed by atoms with Crippen molar-refractivity contribution >= 4 is 45.6 Å². The first-order valence-corrected chi connectivity index (χ1v) is 17.9. The predicted octanol–water partition coefficient (Wildman–Crippen LogP) is 5.41. The molecule has 8 aromatic rings. The Morgan fingerprint density at radius 1 is 0.684 bits per heavy atom. The molecule has 10 N–H and O–H groups in total. The van der Waals surface area contributed by atoms with E-state index in [1.54, 1.807) is 58.4 Å². The largest absolute Gasteiger partial charge is 0.478 e. The minimum Gasteiger partial charge on any atom is -0.478 e. The van der Waals surface area contributed by atoms with Crippen LogP contribution >= 0.6 is 0 Å². The molecular formula is C40H44N14O3. The molecule has 0 radical (unpaired) electrons. The standard InChI is InChI=1S/C20H21N7O.C17H14N6O2.C3H9N/c1-11(2)24-20(28)12-4-5-16-17(7-12)26-19(25-16)15-6-13(8-22-18(15)21)14-9-23-27(3)10-14;1-23-8-11(7-20-23)10-4-12(15(18)19-6-10)16-21-13-3-2-9(17(24)25)5-14(13)22-16;1-3(2)4/h4-11H,1-3H3,(H2,21,22)(H,24,28)(H,25,26);2-8H,1H3,(H2,18,19)(H,21,22)(H,24,25);3H,4H2,1-2H3. The zero-order chi connectivity index (χ0) is 41.0. The van der Waals surface area contributed by atoms with Gasteiger partial charge in [-0.25, -0.2) is 24.7 Å². The van der Waals surface area contributed by atoms with Crippen molar-refractivity contribution in [2.45, 2.75) is 39.8 Å². The molecule has 292 valence electrons. The lowest BCUT2D eigenvalue weighted by atomic mass is 10.1. The van der Waals surface area contributed by atoms with E-state index < -0.39 is 5.97 Å². The number of aromatic nitrogens is 10. The molecule has 1 amide bonds. The first kappa shape index (κ1) is 39.3. The SMILES string of the molecule is CC(C)N.CC(C)NC(=O)c1ccc2nc(-c3cc(-c4cnn(C)c4)cnc3N)[nH]c2c1.Cn1cc(-c2cnc(N)c(-c3nc4ccc(C(=O)O)cc4[nH]3)c2)cn1. The topological polar surface area (TPSA) is 263 Å². The zero-order valence-electron chi connectivity index (χ0n) is 32.3. The van der Waals surface area contributed by atoms with E-state index in [0.29, 0.717) is 57.1 Å². The van der Waals surface area contributed by atoms with Gasteiger partial charge in [-0.15, -0.1) is 0 Å². The number of fused-ring (bicyclic) bond motifs is 2. The second-order valence-corrected chi connectivity index (χ2v) is 13.9. The average Bonchev–Trinajstić information content (AvgIpc) is 3.98. The van der Waals surface area contributed by atoms with E-state index in [4.69, 9.17) is 22.3 Å². The number of carboxylic acid groups (broad SMARTS) is 1. The van der Waals surface area contributed by atoms with E-state index in [-0.39, 0.29) is 17.5 Å². The summed E-state index contributed by atoms with van der Waals surface area (Å²) >= 11 is 0. The highest BCUT2D eigenvalue weighted by atomic mass is 16.4. The summed E-state index contributed by atoms with van der Waals surface area (Å²) in [6.45, 7) is 7.74. The second kappa shape index (κ2) is 16.5. The van der Waals surface area contributed by atoms with Crippen molar-refractivity contribution < 1.29 is 14.7 Å². The Labute approximate surface area is 327 Å². The molecule has 0 aliphatic carbocycles. The van der Waals surface area contributed by atoms with Crippen LogP contribution in [0.5, 0.6) is 0 Å². The van der Waals surface area contributed by atoms with Crippen molar-refractivity contribution in [2.75, 3.05) is 11.5 Å². The highest BCUT2D eigenvalue weighted by Gasteiger charge is 2.16. The summed E-state index contributed by atoms with van der Waals surface area (Å²) in [7, 11) is 3.70. The first-order chi connectivity index (χ1) is 27.1. The summed E-state index contributed by atoms with van der Waals surface area (Å²) in [6.07, 6.45) is 10.7. The highest BCUT2D eigenvalue weighted by molar-refractivity contribution is 5.98. The number of nitrogens with one attached hydrogen (secondary N) is 3. The Balaban J connectivity index is 0.000000177. The van der Waals surface area contributed by atoms with Crippen LogP contribution in [0, 0.1) is 0 Å². The number of carbonyl (C=O) groups excluding carboxylic acids is 1. The molecule has 17 nitrogen and oxygen atoms in total. The number of nitrogens with two attached hydrogens (primary N) is 3. The van der Waals surface area contributed by atoms with E-state index >= 15 is 0 Å². The Morgan fingerprint density at radius 3 is 1.53 bits per heavy atom. The van der Waals surface area contributed by atoms with Crippen LogP contribution in [0.25, 0.3) is 67.1 Å². The summed E-state index contributed by atoms with van der Waals surface area (Å²) in [4.78, 5) is 47.4. The van der Waals surface area contributed by atoms with Crippen molar-refractivity contribution in [2.24, 2.45) is 19.8 Å². The molecule has 6 aromatic heterocycles. The number of benzene rings is 2.